The molecule has 0 radical (unpaired) electrons. The molecule has 0 aliphatic rings. The van der Waals surface area contributed by atoms with Crippen molar-refractivity contribution in [3.05, 3.63) is 215 Å². The number of pyridine rings is 3. The van der Waals surface area contributed by atoms with Crippen molar-refractivity contribution in [2.75, 3.05) is 6.54 Å². The number of carbonyl (C=O) groups excluding carboxylic acids is 4. The Morgan fingerprint density at radius 2 is 0.748 bits per heavy atom. The molecule has 552 valence electrons. The van der Waals surface area contributed by atoms with E-state index in [2.05, 4.69) is 45.0 Å². The van der Waals surface area contributed by atoms with Gasteiger partial charge < -0.3 is 65.3 Å². The molecule has 6 heterocycles. The first-order valence-electron chi connectivity index (χ1n) is 32.3. The number of nitrogens with zero attached hydrogens (tertiary/aromatic N) is 6. The molecular formula is C75H90ClF3N10O14. The number of halogens is 4. The number of rotatable bonds is 21. The fraction of sp³-hybridized carbons (Fsp3) is 0.373. The Balaban J connectivity index is 0.000000263. The highest BCUT2D eigenvalue weighted by atomic mass is 35.5. The van der Waals surface area contributed by atoms with E-state index < -0.39 is 62.8 Å². The van der Waals surface area contributed by atoms with Gasteiger partial charge in [-0.05, 0) is 243 Å². The zero-order valence-corrected chi connectivity index (χ0v) is 61.0. The van der Waals surface area contributed by atoms with Crippen LogP contribution in [-0.4, -0.2) is 97.8 Å². The molecule has 0 aliphatic carbocycles. The number of carboxylic acids is 1. The van der Waals surface area contributed by atoms with E-state index in [1.54, 1.807) is 143 Å². The highest BCUT2D eigenvalue weighted by Crippen LogP contribution is 2.36. The average molecular weight is 1450 g/mol. The lowest BCUT2D eigenvalue weighted by atomic mass is 9.87. The summed E-state index contributed by atoms with van der Waals surface area (Å²) in [6.45, 7) is 26.3. The number of aromatic carboxylic acids is 1. The number of oxazole rings is 3. The van der Waals surface area contributed by atoms with E-state index in [0.29, 0.717) is 62.0 Å². The fourth-order valence-corrected chi connectivity index (χ4v) is 9.43. The summed E-state index contributed by atoms with van der Waals surface area (Å²) < 4.78 is 65.0. The first kappa shape index (κ1) is 83.6. The Morgan fingerprint density at radius 3 is 1.01 bits per heavy atom. The number of ketones is 2. The largest absolute Gasteiger partial charge is 0.476 e. The van der Waals surface area contributed by atoms with Crippen LogP contribution in [0.25, 0.3) is 33.8 Å². The number of amides is 2. The average Bonchev–Trinajstić information content (AvgIpc) is 0.836. The third-order valence-electron chi connectivity index (χ3n) is 15.5. The Morgan fingerprint density at radius 1 is 0.456 bits per heavy atom. The Labute approximate surface area is 601 Å². The molecule has 2 amide bonds. The van der Waals surface area contributed by atoms with Gasteiger partial charge in [0.25, 0.3) is 0 Å². The van der Waals surface area contributed by atoms with Gasteiger partial charge in [0.1, 0.15) is 75.6 Å². The summed E-state index contributed by atoms with van der Waals surface area (Å²) in [5.74, 6) is -2.66. The zero-order valence-electron chi connectivity index (χ0n) is 60.1. The van der Waals surface area contributed by atoms with E-state index in [1.807, 2.05) is 33.8 Å². The van der Waals surface area contributed by atoms with Crippen molar-refractivity contribution < 1.29 is 80.3 Å². The van der Waals surface area contributed by atoms with Crippen LogP contribution in [0.1, 0.15) is 195 Å². The normalized spacial score (nSPS) is 13.4. The van der Waals surface area contributed by atoms with Gasteiger partial charge in [0.15, 0.2) is 36.4 Å². The highest BCUT2D eigenvalue weighted by Gasteiger charge is 2.35. The smallest absolute Gasteiger partial charge is 0.408 e. The van der Waals surface area contributed by atoms with Gasteiger partial charge in [-0.1, -0.05) is 0 Å². The van der Waals surface area contributed by atoms with E-state index in [0.717, 1.165) is 18.2 Å². The number of nitrogens with two attached hydrogens (primary N) is 2. The second-order valence-corrected chi connectivity index (χ2v) is 28.4. The SMILES string of the molecule is CC(C)(C)OC(=O)NC(C)(C)c1cc(-c2ccc(F)cc2)nc(C(C)(O)CCC(=O)c2cocn2)c1.CC(C)(C)OC(=O)NC(C)(C)c1cc(-c2ccc(F)cc2)nc(C(C)(O)CN)c1.CC(C)(N)c1cc(-c2ccc(F)cc2)nc(C(C)(O)CCC(=O)c2cocn2)c1.Cl.O=C(O)c1cocn1. The summed E-state index contributed by atoms with van der Waals surface area (Å²) >= 11 is 0. The van der Waals surface area contributed by atoms with Gasteiger partial charge in [0, 0.05) is 41.6 Å². The molecule has 3 aromatic carbocycles. The molecule has 0 saturated carbocycles. The van der Waals surface area contributed by atoms with E-state index >= 15 is 0 Å². The van der Waals surface area contributed by atoms with Crippen LogP contribution in [0.2, 0.25) is 0 Å². The summed E-state index contributed by atoms with van der Waals surface area (Å²) in [6.07, 6.45) is 6.17. The minimum Gasteiger partial charge on any atom is -0.476 e. The van der Waals surface area contributed by atoms with Crippen molar-refractivity contribution in [3.63, 3.8) is 0 Å². The van der Waals surface area contributed by atoms with Gasteiger partial charge in [0.2, 0.25) is 0 Å². The Bertz CT molecular complexity index is 4290. The van der Waals surface area contributed by atoms with Crippen LogP contribution in [0.4, 0.5) is 22.8 Å². The van der Waals surface area contributed by atoms with Gasteiger partial charge in [-0.3, -0.25) is 9.59 Å². The number of aromatic nitrogens is 6. The molecule has 0 saturated heterocycles. The minimum atomic E-state index is -1.49. The maximum absolute atomic E-state index is 13.5. The topological polar surface area (TPSA) is 378 Å². The van der Waals surface area contributed by atoms with Gasteiger partial charge in [-0.25, -0.2) is 57.5 Å². The molecule has 0 aliphatic heterocycles. The molecule has 0 fully saturated rings. The van der Waals surface area contributed by atoms with Crippen LogP contribution in [-0.2, 0) is 42.9 Å². The number of benzene rings is 3. The first-order chi connectivity index (χ1) is 47.3. The van der Waals surface area contributed by atoms with Crippen molar-refractivity contribution in [3.8, 4) is 33.8 Å². The Kier molecular flexibility index (Phi) is 27.8. The predicted octanol–water partition coefficient (Wildman–Crippen LogP) is 14.1. The molecule has 0 bridgehead atoms. The van der Waals surface area contributed by atoms with Crippen LogP contribution >= 0.6 is 12.4 Å². The van der Waals surface area contributed by atoms with Crippen molar-refractivity contribution in [1.29, 1.82) is 0 Å². The maximum atomic E-state index is 13.5. The van der Waals surface area contributed by atoms with Crippen molar-refractivity contribution in [2.45, 2.75) is 174 Å². The second kappa shape index (κ2) is 34.3. The molecule has 24 nitrogen and oxygen atoms in total. The number of hydrogen-bond donors (Lipinski definition) is 8. The van der Waals surface area contributed by atoms with Gasteiger partial charge in [0.05, 0.1) is 45.2 Å². The van der Waals surface area contributed by atoms with Gasteiger partial charge in [-0.2, -0.15) is 0 Å². The van der Waals surface area contributed by atoms with E-state index in [9.17, 15) is 52.5 Å². The summed E-state index contributed by atoms with van der Waals surface area (Å²) in [5, 5.41) is 47.0. The molecule has 3 unspecified atom stereocenters. The highest BCUT2D eigenvalue weighted by molar-refractivity contribution is 5.94. The molecule has 9 rings (SSSR count). The number of Topliss-reactive ketones (excluding diaryl/α,β-unsaturated/α-hetero) is 2. The number of ether oxygens (including phenoxy) is 2. The van der Waals surface area contributed by atoms with Crippen molar-refractivity contribution >= 4 is 42.1 Å². The van der Waals surface area contributed by atoms with Crippen LogP contribution in [0.3, 0.4) is 0 Å². The maximum Gasteiger partial charge on any atom is 0.408 e. The lowest BCUT2D eigenvalue weighted by molar-refractivity contribution is 0.0392. The zero-order chi connectivity index (χ0) is 76.0. The van der Waals surface area contributed by atoms with Crippen LogP contribution < -0.4 is 22.1 Å². The standard InChI is InChI=1S/C27H32FN3O5.C22H24FN3O3.C22H30FN3O3.C4H3NO3.ClH/c1-25(2,3)36-24(33)31-26(4,5)18-13-20(17-7-9-19(28)10-8-17)30-23(14-18)27(6,34)12-11-22(32)21-15-35-16-29-21;1-21(2,24)15-10-17(14-4-6-16(23)7-5-14)26-20(11-15)22(3,28)9-8-19(27)18-12-29-13-25-18;1-20(2,3)29-19(27)26-21(4,5)15-11-17(14-7-9-16(23)10-8-14)25-18(12-15)22(6,28)13-24;6-4(7)3-1-8-2-5-3;/h7-10,13-16,34H,11-12H2,1-6H3,(H,31,33);4-7,10-13,28H,8-9,24H2,1-3H3;7-12,28H,13,24H2,1-6H3,(H,26,27);1-2H,(H,6,7);1H. The monoisotopic (exact) mass is 1450 g/mol. The number of alkyl carbamates (subject to hydrolysis) is 2. The molecule has 103 heavy (non-hydrogen) atoms. The van der Waals surface area contributed by atoms with Crippen molar-refractivity contribution in [1.82, 2.24) is 40.5 Å². The predicted molar refractivity (Wildman–Crippen MR) is 380 cm³/mol. The van der Waals surface area contributed by atoms with E-state index in [4.69, 9.17) is 34.9 Å². The van der Waals surface area contributed by atoms with Gasteiger partial charge in [-0.15, -0.1) is 12.4 Å². The lowest BCUT2D eigenvalue weighted by Crippen LogP contribution is -2.44. The van der Waals surface area contributed by atoms with Crippen molar-refractivity contribution in [2.24, 2.45) is 11.5 Å². The number of carboxylic acid groups (broad SMARTS) is 1. The summed E-state index contributed by atoms with van der Waals surface area (Å²) in [6, 6.07) is 28.2. The lowest BCUT2D eigenvalue weighted by Gasteiger charge is -2.31. The Hall–Kier alpha value is -10.0. The second-order valence-electron chi connectivity index (χ2n) is 28.4. The first-order valence-corrected chi connectivity index (χ1v) is 32.3. The molecule has 28 heteroatoms. The number of nitrogens with one attached hydrogen (secondary N) is 2. The fourth-order valence-electron chi connectivity index (χ4n) is 9.43. The number of hydrogen-bond acceptors (Lipinski definition) is 21. The molecule has 3 atom stereocenters. The summed E-state index contributed by atoms with van der Waals surface area (Å²) in [4.78, 5) is 84.2. The molecule has 9 aromatic rings. The molecule has 6 aromatic heterocycles. The molecule has 10 N–H and O–H groups in total. The third-order valence-corrected chi connectivity index (χ3v) is 15.5. The van der Waals surface area contributed by atoms with Crippen LogP contribution in [0.15, 0.2) is 160 Å². The van der Waals surface area contributed by atoms with Crippen LogP contribution in [0, 0.1) is 17.5 Å². The number of aliphatic hydroxyl groups is 3. The quantitative estimate of drug-likeness (QED) is 0.0310. The molecular weight excluding hydrogens is 1360 g/mol. The van der Waals surface area contributed by atoms with E-state index in [-0.39, 0.29) is 90.7 Å². The molecule has 0 spiro atoms. The van der Waals surface area contributed by atoms with Gasteiger partial charge >= 0.3 is 18.2 Å². The minimum absolute atomic E-state index is 0. The summed E-state index contributed by atoms with van der Waals surface area (Å²) in [5.41, 5.74) is 11.1. The number of carbonyl (C=O) groups is 5. The van der Waals surface area contributed by atoms with Crippen LogP contribution in [0.5, 0.6) is 0 Å². The third kappa shape index (κ3) is 25.2. The summed E-state index contributed by atoms with van der Waals surface area (Å²) in [7, 11) is 0. The van der Waals surface area contributed by atoms with E-state index in [1.165, 1.54) is 61.7 Å².